The second-order valence-corrected chi connectivity index (χ2v) is 3.50. The molecule has 0 spiro atoms. The minimum atomic E-state index is -0.473. The zero-order valence-corrected chi connectivity index (χ0v) is 10.6. The van der Waals surface area contributed by atoms with E-state index < -0.39 is 5.97 Å². The van der Waals surface area contributed by atoms with E-state index in [4.69, 9.17) is 9.47 Å². The predicted octanol–water partition coefficient (Wildman–Crippen LogP) is 0.961. The van der Waals surface area contributed by atoms with Crippen LogP contribution in [0.2, 0.25) is 0 Å². The van der Waals surface area contributed by atoms with E-state index >= 15 is 0 Å². The molecule has 0 aliphatic carbocycles. The van der Waals surface area contributed by atoms with Crippen LogP contribution in [0.3, 0.4) is 0 Å². The minimum Gasteiger partial charge on any atom is -0.460 e. The van der Waals surface area contributed by atoms with E-state index in [2.05, 4.69) is 10.1 Å². The molecule has 0 aliphatic rings. The molecule has 0 saturated carbocycles. The third kappa shape index (κ3) is 4.14. The number of rotatable bonds is 7. The Balaban J connectivity index is 2.53. The third-order valence-electron chi connectivity index (χ3n) is 2.20. The van der Waals surface area contributed by atoms with Crippen LogP contribution in [0.5, 0.6) is 0 Å². The second-order valence-electron chi connectivity index (χ2n) is 3.50. The number of esters is 1. The van der Waals surface area contributed by atoms with E-state index in [-0.39, 0.29) is 5.82 Å². The van der Waals surface area contributed by atoms with Crippen LogP contribution in [0, 0.1) is 0 Å². The normalized spacial score (nSPS) is 10.5. The van der Waals surface area contributed by atoms with Crippen molar-refractivity contribution in [3.8, 4) is 0 Å². The molecule has 0 N–H and O–H groups in total. The Bertz CT molecular complexity index is 363. The summed E-state index contributed by atoms with van der Waals surface area (Å²) in [7, 11) is 1.77. The zero-order valence-electron chi connectivity index (χ0n) is 10.6. The number of aromatic nitrogens is 3. The second kappa shape index (κ2) is 7.01. The summed E-state index contributed by atoms with van der Waals surface area (Å²) < 4.78 is 11.7. The number of hydrogen-bond acceptors (Lipinski definition) is 5. The van der Waals surface area contributed by atoms with Gasteiger partial charge < -0.3 is 9.47 Å². The third-order valence-corrected chi connectivity index (χ3v) is 2.20. The van der Waals surface area contributed by atoms with Crippen LogP contribution in [-0.4, -0.2) is 40.6 Å². The van der Waals surface area contributed by atoms with Crippen molar-refractivity contribution < 1.29 is 14.3 Å². The lowest BCUT2D eigenvalue weighted by atomic mass is 10.3. The summed E-state index contributed by atoms with van der Waals surface area (Å²) in [5, 5.41) is 4.02. The molecular formula is C11H19N3O3. The number of nitrogens with zero attached hydrogens (tertiary/aromatic N) is 3. The van der Waals surface area contributed by atoms with Crippen molar-refractivity contribution in [3.63, 3.8) is 0 Å². The average molecular weight is 241 g/mol. The van der Waals surface area contributed by atoms with Gasteiger partial charge in [0, 0.05) is 26.7 Å². The Kier molecular flexibility index (Phi) is 5.62. The lowest BCUT2D eigenvalue weighted by Gasteiger charge is -2.00. The average Bonchev–Trinajstić information content (AvgIpc) is 2.67. The lowest BCUT2D eigenvalue weighted by Crippen LogP contribution is -2.07. The van der Waals surface area contributed by atoms with Crippen LogP contribution in [0.1, 0.15) is 36.7 Å². The van der Waals surface area contributed by atoms with Crippen LogP contribution in [0.25, 0.3) is 0 Å². The SMILES string of the molecule is CCOCCCc1nc(C(=O)OCC)nn1C. The fraction of sp³-hybridized carbons (Fsp3) is 0.727. The van der Waals surface area contributed by atoms with Crippen LogP contribution in [0.4, 0.5) is 0 Å². The van der Waals surface area contributed by atoms with Gasteiger partial charge in [0.05, 0.1) is 6.61 Å². The van der Waals surface area contributed by atoms with Crippen LogP contribution < -0.4 is 0 Å². The summed E-state index contributed by atoms with van der Waals surface area (Å²) in [5.41, 5.74) is 0. The molecule has 0 amide bonds. The van der Waals surface area contributed by atoms with Gasteiger partial charge in [0.25, 0.3) is 5.82 Å². The molecule has 1 aromatic rings. The van der Waals surface area contributed by atoms with E-state index in [0.717, 1.165) is 18.7 Å². The van der Waals surface area contributed by atoms with Gasteiger partial charge >= 0.3 is 5.97 Å². The van der Waals surface area contributed by atoms with Crippen molar-refractivity contribution in [2.45, 2.75) is 26.7 Å². The van der Waals surface area contributed by atoms with E-state index in [1.807, 2.05) is 6.92 Å². The Hall–Kier alpha value is -1.43. The van der Waals surface area contributed by atoms with Crippen LogP contribution >= 0.6 is 0 Å². The summed E-state index contributed by atoms with van der Waals surface area (Å²) in [5.74, 6) is 0.424. The van der Waals surface area contributed by atoms with Crippen molar-refractivity contribution in [1.29, 1.82) is 0 Å². The first-order chi connectivity index (χ1) is 8.19. The van der Waals surface area contributed by atoms with Gasteiger partial charge in [-0.3, -0.25) is 4.68 Å². The number of carbonyl (C=O) groups is 1. The van der Waals surface area contributed by atoms with Gasteiger partial charge in [0.15, 0.2) is 0 Å². The number of aryl methyl sites for hydroxylation is 2. The molecule has 0 bridgehead atoms. The fourth-order valence-electron chi connectivity index (χ4n) is 1.39. The first-order valence-electron chi connectivity index (χ1n) is 5.83. The Morgan fingerprint density at radius 1 is 1.35 bits per heavy atom. The molecule has 0 radical (unpaired) electrons. The quantitative estimate of drug-likeness (QED) is 0.525. The molecule has 0 aromatic carbocycles. The van der Waals surface area contributed by atoms with Crippen LogP contribution in [-0.2, 0) is 22.9 Å². The van der Waals surface area contributed by atoms with E-state index in [1.165, 1.54) is 0 Å². The summed E-state index contributed by atoms with van der Waals surface area (Å²) in [6.07, 6.45) is 1.60. The molecule has 17 heavy (non-hydrogen) atoms. The minimum absolute atomic E-state index is 0.126. The van der Waals surface area contributed by atoms with Crippen molar-refractivity contribution in [3.05, 3.63) is 11.6 Å². The Labute approximate surface area is 101 Å². The fourth-order valence-corrected chi connectivity index (χ4v) is 1.39. The van der Waals surface area contributed by atoms with E-state index in [9.17, 15) is 4.79 Å². The highest BCUT2D eigenvalue weighted by molar-refractivity contribution is 5.84. The van der Waals surface area contributed by atoms with Crippen molar-refractivity contribution in [2.24, 2.45) is 7.05 Å². The Morgan fingerprint density at radius 2 is 2.12 bits per heavy atom. The molecule has 1 rings (SSSR count). The first kappa shape index (κ1) is 13.6. The highest BCUT2D eigenvalue weighted by Crippen LogP contribution is 2.02. The van der Waals surface area contributed by atoms with Gasteiger partial charge in [-0.05, 0) is 20.3 Å². The summed E-state index contributed by atoms with van der Waals surface area (Å²) >= 11 is 0. The maximum absolute atomic E-state index is 11.4. The van der Waals surface area contributed by atoms with Gasteiger partial charge in [-0.1, -0.05) is 0 Å². The number of ether oxygens (including phenoxy) is 2. The Morgan fingerprint density at radius 3 is 2.76 bits per heavy atom. The van der Waals surface area contributed by atoms with E-state index in [0.29, 0.717) is 19.8 Å². The van der Waals surface area contributed by atoms with Gasteiger partial charge in [-0.25, -0.2) is 9.78 Å². The van der Waals surface area contributed by atoms with Gasteiger partial charge in [-0.2, -0.15) is 0 Å². The molecule has 0 fully saturated rings. The molecule has 0 aliphatic heterocycles. The summed E-state index contributed by atoms with van der Waals surface area (Å²) in [6.45, 7) is 5.45. The van der Waals surface area contributed by atoms with Crippen molar-refractivity contribution >= 4 is 5.97 Å². The molecule has 0 atom stereocenters. The smallest absolute Gasteiger partial charge is 0.378 e. The molecule has 6 nitrogen and oxygen atoms in total. The van der Waals surface area contributed by atoms with Crippen molar-refractivity contribution in [2.75, 3.05) is 19.8 Å². The largest absolute Gasteiger partial charge is 0.460 e. The predicted molar refractivity (Wildman–Crippen MR) is 61.8 cm³/mol. The lowest BCUT2D eigenvalue weighted by molar-refractivity contribution is 0.0512. The first-order valence-corrected chi connectivity index (χ1v) is 5.83. The number of carbonyl (C=O) groups excluding carboxylic acids is 1. The highest BCUT2D eigenvalue weighted by atomic mass is 16.5. The molecular weight excluding hydrogens is 222 g/mol. The maximum Gasteiger partial charge on any atom is 0.378 e. The molecule has 0 unspecified atom stereocenters. The highest BCUT2D eigenvalue weighted by Gasteiger charge is 2.15. The summed E-state index contributed by atoms with van der Waals surface area (Å²) in [4.78, 5) is 15.5. The summed E-state index contributed by atoms with van der Waals surface area (Å²) in [6, 6.07) is 0. The van der Waals surface area contributed by atoms with Gasteiger partial charge in [0.1, 0.15) is 5.82 Å². The molecule has 0 saturated heterocycles. The molecule has 6 heteroatoms. The topological polar surface area (TPSA) is 66.2 Å². The molecule has 1 aromatic heterocycles. The molecule has 1 heterocycles. The standard InChI is InChI=1S/C11H19N3O3/c1-4-16-8-6-7-9-12-10(13-14(9)3)11(15)17-5-2/h4-8H2,1-3H3. The van der Waals surface area contributed by atoms with Gasteiger partial charge in [-0.15, -0.1) is 5.10 Å². The number of hydrogen-bond donors (Lipinski definition) is 0. The van der Waals surface area contributed by atoms with Gasteiger partial charge in [0.2, 0.25) is 0 Å². The van der Waals surface area contributed by atoms with E-state index in [1.54, 1.807) is 18.7 Å². The monoisotopic (exact) mass is 241 g/mol. The van der Waals surface area contributed by atoms with Crippen molar-refractivity contribution in [1.82, 2.24) is 14.8 Å². The van der Waals surface area contributed by atoms with Crippen LogP contribution in [0.15, 0.2) is 0 Å². The zero-order chi connectivity index (χ0) is 12.7. The molecule has 96 valence electrons. The maximum atomic E-state index is 11.4.